The molecule has 13 nitrogen and oxygen atoms in total. The third-order valence-corrected chi connectivity index (χ3v) is 3.43. The second-order valence-electron chi connectivity index (χ2n) is 6.05. The summed E-state index contributed by atoms with van der Waals surface area (Å²) >= 11 is 0. The van der Waals surface area contributed by atoms with Crippen LogP contribution in [0, 0.1) is 0 Å². The molecule has 1 atom stereocenters. The van der Waals surface area contributed by atoms with Gasteiger partial charge >= 0.3 is 0 Å². The third kappa shape index (κ3) is 14.5. The minimum absolute atomic E-state index is 0.274. The summed E-state index contributed by atoms with van der Waals surface area (Å²) in [5.41, 5.74) is 10.3. The Morgan fingerprint density at radius 1 is 0.759 bits per heavy atom. The summed E-state index contributed by atoms with van der Waals surface area (Å²) < 4.78 is 0. The lowest BCUT2D eigenvalue weighted by atomic mass is 10.1. The van der Waals surface area contributed by atoms with E-state index in [9.17, 15) is 28.8 Å². The second kappa shape index (κ2) is 14.8. The number of amides is 6. The lowest BCUT2D eigenvalue weighted by Gasteiger charge is -2.18. The van der Waals surface area contributed by atoms with Gasteiger partial charge in [0.1, 0.15) is 6.04 Å². The molecule has 13 heteroatoms. The Hall–Kier alpha value is -3.22. The Morgan fingerprint density at radius 3 is 1.86 bits per heavy atom. The Balaban J connectivity index is 4.53. The van der Waals surface area contributed by atoms with Gasteiger partial charge in [-0.3, -0.25) is 28.8 Å². The van der Waals surface area contributed by atoms with Crippen molar-refractivity contribution in [1.82, 2.24) is 26.6 Å². The Morgan fingerprint density at radius 2 is 1.31 bits per heavy atom. The second-order valence-corrected chi connectivity index (χ2v) is 6.05. The van der Waals surface area contributed by atoms with Gasteiger partial charge in [0.2, 0.25) is 35.4 Å². The minimum atomic E-state index is -0.940. The number of hydrogen-bond acceptors (Lipinski definition) is 7. The molecular formula is C16H29N7O6. The van der Waals surface area contributed by atoms with Gasteiger partial charge in [-0.2, -0.15) is 0 Å². The van der Waals surface area contributed by atoms with Crippen LogP contribution >= 0.6 is 0 Å². The van der Waals surface area contributed by atoms with Crippen LogP contribution in [0.1, 0.15) is 26.2 Å². The van der Waals surface area contributed by atoms with Crippen LogP contribution in [-0.4, -0.2) is 74.2 Å². The maximum absolute atomic E-state index is 12.3. The predicted octanol–water partition coefficient (Wildman–Crippen LogP) is -4.43. The van der Waals surface area contributed by atoms with Crippen molar-refractivity contribution >= 4 is 35.4 Å². The van der Waals surface area contributed by atoms with E-state index in [1.807, 2.05) is 0 Å². The first-order valence-electron chi connectivity index (χ1n) is 8.99. The molecule has 0 aromatic carbocycles. The van der Waals surface area contributed by atoms with Crippen molar-refractivity contribution in [3.8, 4) is 0 Å². The van der Waals surface area contributed by atoms with Crippen molar-refractivity contribution in [2.24, 2.45) is 11.5 Å². The van der Waals surface area contributed by atoms with Crippen molar-refractivity contribution in [3.05, 3.63) is 0 Å². The van der Waals surface area contributed by atoms with Gasteiger partial charge in [-0.15, -0.1) is 0 Å². The predicted molar refractivity (Wildman–Crippen MR) is 102 cm³/mol. The van der Waals surface area contributed by atoms with Crippen LogP contribution in [0.3, 0.4) is 0 Å². The quantitative estimate of drug-likeness (QED) is 0.138. The summed E-state index contributed by atoms with van der Waals surface area (Å²) in [7, 11) is 0. The van der Waals surface area contributed by atoms with E-state index in [0.29, 0.717) is 19.4 Å². The summed E-state index contributed by atoms with van der Waals surface area (Å²) in [4.78, 5) is 68.6. The van der Waals surface area contributed by atoms with Crippen molar-refractivity contribution in [1.29, 1.82) is 0 Å². The molecule has 6 amide bonds. The van der Waals surface area contributed by atoms with Crippen molar-refractivity contribution in [2.45, 2.75) is 32.2 Å². The molecule has 164 valence electrons. The summed E-state index contributed by atoms with van der Waals surface area (Å²) in [5, 5.41) is 11.6. The normalized spacial score (nSPS) is 11.0. The van der Waals surface area contributed by atoms with Gasteiger partial charge < -0.3 is 38.1 Å². The topological polar surface area (TPSA) is 215 Å². The standard InChI is InChI=1S/C16H29N7O6/c1-10(24)19-7-13(26)21-9-15(28)23-11(4-2-3-5-17)16(29)22-8-14(27)20-6-12(18)25/h11H,2-9,17H2,1H3,(H2,18,25)(H,19,24)(H,20,27)(H,21,26)(H,22,29)(H,23,28)/t11-/m0/s1. The summed E-state index contributed by atoms with van der Waals surface area (Å²) in [5.74, 6) is -3.51. The largest absolute Gasteiger partial charge is 0.368 e. The van der Waals surface area contributed by atoms with Gasteiger partial charge in [0, 0.05) is 6.92 Å². The minimum Gasteiger partial charge on any atom is -0.368 e. The number of rotatable bonds is 14. The van der Waals surface area contributed by atoms with E-state index < -0.39 is 48.7 Å². The van der Waals surface area contributed by atoms with Crippen molar-refractivity contribution < 1.29 is 28.8 Å². The Bertz CT molecular complexity index is 611. The third-order valence-electron chi connectivity index (χ3n) is 3.43. The number of carbonyl (C=O) groups excluding carboxylic acids is 6. The fourth-order valence-electron chi connectivity index (χ4n) is 1.99. The molecule has 0 aliphatic carbocycles. The molecule has 0 aliphatic heterocycles. The summed E-state index contributed by atoms with van der Waals surface area (Å²) in [6.07, 6.45) is 1.46. The van der Waals surface area contributed by atoms with Crippen LogP contribution < -0.4 is 38.1 Å². The average molecular weight is 415 g/mol. The summed E-state index contributed by atoms with van der Waals surface area (Å²) in [6, 6.07) is -0.940. The van der Waals surface area contributed by atoms with Crippen LogP contribution in [0.15, 0.2) is 0 Å². The maximum Gasteiger partial charge on any atom is 0.243 e. The zero-order chi connectivity index (χ0) is 22.2. The molecule has 0 unspecified atom stereocenters. The lowest BCUT2D eigenvalue weighted by molar-refractivity contribution is -0.131. The van der Waals surface area contributed by atoms with Gasteiger partial charge in [0.05, 0.1) is 26.2 Å². The molecule has 0 saturated heterocycles. The molecule has 0 rings (SSSR count). The molecule has 0 aliphatic rings. The first-order chi connectivity index (χ1) is 13.6. The highest BCUT2D eigenvalue weighted by molar-refractivity contribution is 5.93. The van der Waals surface area contributed by atoms with E-state index in [2.05, 4.69) is 26.6 Å². The van der Waals surface area contributed by atoms with E-state index >= 15 is 0 Å². The highest BCUT2D eigenvalue weighted by atomic mass is 16.2. The van der Waals surface area contributed by atoms with Crippen LogP contribution in [0.2, 0.25) is 0 Å². The lowest BCUT2D eigenvalue weighted by Crippen LogP contribution is -2.51. The number of carbonyl (C=O) groups is 6. The van der Waals surface area contributed by atoms with E-state index in [4.69, 9.17) is 11.5 Å². The van der Waals surface area contributed by atoms with E-state index in [1.54, 1.807) is 0 Å². The average Bonchev–Trinajstić information content (AvgIpc) is 2.66. The number of nitrogens with two attached hydrogens (primary N) is 2. The molecule has 0 aromatic rings. The SMILES string of the molecule is CC(=O)NCC(=O)NCC(=O)N[C@@H](CCCCN)C(=O)NCC(=O)NCC(N)=O. The van der Waals surface area contributed by atoms with Gasteiger partial charge in [-0.1, -0.05) is 0 Å². The monoisotopic (exact) mass is 415 g/mol. The molecule has 0 fully saturated rings. The maximum atomic E-state index is 12.3. The van der Waals surface area contributed by atoms with Crippen LogP contribution in [0.4, 0.5) is 0 Å². The van der Waals surface area contributed by atoms with E-state index in [1.165, 1.54) is 6.92 Å². The molecule has 0 heterocycles. The zero-order valence-electron chi connectivity index (χ0n) is 16.3. The molecule has 9 N–H and O–H groups in total. The fourth-order valence-corrected chi connectivity index (χ4v) is 1.99. The highest BCUT2D eigenvalue weighted by Crippen LogP contribution is 2.01. The van der Waals surface area contributed by atoms with Gasteiger partial charge in [-0.25, -0.2) is 0 Å². The molecule has 0 aromatic heterocycles. The number of nitrogens with one attached hydrogen (secondary N) is 5. The molecule has 0 bridgehead atoms. The van der Waals surface area contributed by atoms with Crippen LogP contribution in [0.25, 0.3) is 0 Å². The first kappa shape index (κ1) is 25.8. The van der Waals surface area contributed by atoms with Gasteiger partial charge in [0.15, 0.2) is 0 Å². The Kier molecular flexibility index (Phi) is 13.1. The number of primary amides is 1. The van der Waals surface area contributed by atoms with Gasteiger partial charge in [0.25, 0.3) is 0 Å². The van der Waals surface area contributed by atoms with Gasteiger partial charge in [-0.05, 0) is 25.8 Å². The smallest absolute Gasteiger partial charge is 0.243 e. The number of hydrogen-bond donors (Lipinski definition) is 7. The van der Waals surface area contributed by atoms with E-state index in [-0.39, 0.29) is 25.4 Å². The zero-order valence-corrected chi connectivity index (χ0v) is 16.3. The molecular weight excluding hydrogens is 386 g/mol. The molecule has 0 spiro atoms. The van der Waals surface area contributed by atoms with Crippen LogP contribution in [-0.2, 0) is 28.8 Å². The first-order valence-corrected chi connectivity index (χ1v) is 8.99. The summed E-state index contributed by atoms with van der Waals surface area (Å²) in [6.45, 7) is 0.240. The molecule has 0 saturated carbocycles. The molecule has 0 radical (unpaired) electrons. The van der Waals surface area contributed by atoms with Crippen LogP contribution in [0.5, 0.6) is 0 Å². The van der Waals surface area contributed by atoms with E-state index in [0.717, 1.165) is 0 Å². The highest BCUT2D eigenvalue weighted by Gasteiger charge is 2.21. The Labute approximate surface area is 168 Å². The fraction of sp³-hybridized carbons (Fsp3) is 0.625. The van der Waals surface area contributed by atoms with Crippen molar-refractivity contribution in [3.63, 3.8) is 0 Å². The number of unbranched alkanes of at least 4 members (excludes halogenated alkanes) is 1. The molecule has 29 heavy (non-hydrogen) atoms. The van der Waals surface area contributed by atoms with Crippen molar-refractivity contribution in [2.75, 3.05) is 32.7 Å².